The molecule has 0 spiro atoms. The summed E-state index contributed by atoms with van der Waals surface area (Å²) in [5, 5.41) is 2.86. The maximum Gasteiger partial charge on any atom is 0.264 e. The minimum absolute atomic E-state index is 0.00558. The topological polar surface area (TPSA) is 84.9 Å². The fraction of sp³-hybridized carbons (Fsp3) is 0.321. The van der Waals surface area contributed by atoms with E-state index in [0.717, 1.165) is 27.8 Å². The van der Waals surface area contributed by atoms with Crippen molar-refractivity contribution in [1.82, 2.24) is 5.32 Å². The van der Waals surface area contributed by atoms with Crippen LogP contribution >= 0.6 is 11.8 Å². The summed E-state index contributed by atoms with van der Waals surface area (Å²) in [4.78, 5) is 12.8. The highest BCUT2D eigenvalue weighted by Gasteiger charge is 2.28. The van der Waals surface area contributed by atoms with Gasteiger partial charge < -0.3 is 14.8 Å². The van der Waals surface area contributed by atoms with E-state index in [-0.39, 0.29) is 17.3 Å². The maximum absolute atomic E-state index is 13.6. The summed E-state index contributed by atoms with van der Waals surface area (Å²) < 4.78 is 38.9. The molecule has 0 radical (unpaired) electrons. The van der Waals surface area contributed by atoms with Gasteiger partial charge in [0.2, 0.25) is 5.91 Å². The fourth-order valence-corrected chi connectivity index (χ4v) is 5.95. The number of amides is 1. The van der Waals surface area contributed by atoms with Crippen molar-refractivity contribution in [3.63, 3.8) is 0 Å². The number of carbonyl (C=O) groups excluding carboxylic acids is 1. The Morgan fingerprint density at radius 1 is 0.892 bits per heavy atom. The van der Waals surface area contributed by atoms with Crippen molar-refractivity contribution >= 4 is 33.4 Å². The number of benzene rings is 3. The maximum atomic E-state index is 13.6. The monoisotopic (exact) mass is 542 g/mol. The molecule has 0 aliphatic rings. The van der Waals surface area contributed by atoms with Gasteiger partial charge in [-0.05, 0) is 55.9 Å². The van der Waals surface area contributed by atoms with Crippen molar-refractivity contribution in [2.45, 2.75) is 30.9 Å². The molecule has 0 bridgehead atoms. The molecular weight excluding hydrogens is 508 g/mol. The number of aryl methyl sites for hydroxylation is 2. The van der Waals surface area contributed by atoms with Crippen molar-refractivity contribution in [3.8, 4) is 11.5 Å². The Morgan fingerprint density at radius 2 is 1.51 bits per heavy atom. The first-order chi connectivity index (χ1) is 17.7. The van der Waals surface area contributed by atoms with Gasteiger partial charge in [-0.1, -0.05) is 47.5 Å². The first-order valence-electron chi connectivity index (χ1n) is 12.0. The predicted octanol–water partition coefficient (Wildman–Crippen LogP) is 4.96. The van der Waals surface area contributed by atoms with E-state index in [1.54, 1.807) is 23.9 Å². The second-order valence-corrected chi connectivity index (χ2v) is 11.6. The molecule has 0 atom stereocenters. The molecule has 198 valence electrons. The largest absolute Gasteiger partial charge is 0.493 e. The highest BCUT2D eigenvalue weighted by atomic mass is 32.2. The number of anilines is 1. The van der Waals surface area contributed by atoms with Crippen LogP contribution in [-0.2, 0) is 20.6 Å². The second-order valence-electron chi connectivity index (χ2n) is 8.61. The van der Waals surface area contributed by atoms with Crippen LogP contribution < -0.4 is 19.1 Å². The highest BCUT2D eigenvalue weighted by molar-refractivity contribution is 7.98. The first-order valence-corrected chi connectivity index (χ1v) is 14.6. The molecule has 0 unspecified atom stereocenters. The Balaban J connectivity index is 1.65. The van der Waals surface area contributed by atoms with Crippen molar-refractivity contribution in [3.05, 3.63) is 83.4 Å². The van der Waals surface area contributed by atoms with E-state index in [1.165, 1.54) is 43.5 Å². The average Bonchev–Trinajstić information content (AvgIpc) is 2.90. The van der Waals surface area contributed by atoms with Gasteiger partial charge in [0.15, 0.2) is 11.5 Å². The zero-order valence-corrected chi connectivity index (χ0v) is 23.3. The lowest BCUT2D eigenvalue weighted by molar-refractivity contribution is -0.119. The van der Waals surface area contributed by atoms with E-state index in [0.29, 0.717) is 23.7 Å². The second kappa shape index (κ2) is 13.4. The number of methoxy groups -OCH3 is 2. The zero-order valence-electron chi connectivity index (χ0n) is 21.7. The van der Waals surface area contributed by atoms with E-state index >= 15 is 0 Å². The van der Waals surface area contributed by atoms with Gasteiger partial charge in [-0.2, -0.15) is 11.8 Å². The smallest absolute Gasteiger partial charge is 0.264 e. The highest BCUT2D eigenvalue weighted by Crippen LogP contribution is 2.32. The summed E-state index contributed by atoms with van der Waals surface area (Å²) in [6.07, 6.45) is 0.787. The number of nitrogens with zero attached hydrogens (tertiary/aromatic N) is 1. The SMILES string of the molecule is COc1ccc(S(=O)(=O)N(CC(=O)NCCCSCc2ccc(C)cc2)c2ccc(C)cc2)cc1OC. The van der Waals surface area contributed by atoms with Gasteiger partial charge in [-0.3, -0.25) is 9.10 Å². The van der Waals surface area contributed by atoms with Crippen molar-refractivity contribution in [2.75, 3.05) is 37.4 Å². The number of hydrogen-bond donors (Lipinski definition) is 1. The minimum atomic E-state index is -4.06. The number of ether oxygens (including phenoxy) is 2. The van der Waals surface area contributed by atoms with Gasteiger partial charge in [-0.25, -0.2) is 8.42 Å². The molecule has 3 rings (SSSR count). The van der Waals surface area contributed by atoms with Crippen LogP contribution in [0.1, 0.15) is 23.1 Å². The number of thioether (sulfide) groups is 1. The van der Waals surface area contributed by atoms with Gasteiger partial charge in [-0.15, -0.1) is 0 Å². The molecule has 3 aromatic carbocycles. The summed E-state index contributed by atoms with van der Waals surface area (Å²) in [5.41, 5.74) is 3.90. The summed E-state index contributed by atoms with van der Waals surface area (Å²) in [6.45, 7) is 4.12. The third-order valence-electron chi connectivity index (χ3n) is 5.73. The Labute approximate surface area is 224 Å². The van der Waals surface area contributed by atoms with Crippen molar-refractivity contribution in [1.29, 1.82) is 0 Å². The van der Waals surface area contributed by atoms with Gasteiger partial charge in [0.1, 0.15) is 6.54 Å². The average molecular weight is 543 g/mol. The molecule has 0 saturated carbocycles. The quantitative estimate of drug-likeness (QED) is 0.308. The summed E-state index contributed by atoms with van der Waals surface area (Å²) in [5.74, 6) is 2.15. The van der Waals surface area contributed by atoms with E-state index < -0.39 is 10.0 Å². The number of rotatable bonds is 13. The molecule has 37 heavy (non-hydrogen) atoms. The lowest BCUT2D eigenvalue weighted by atomic mass is 10.2. The van der Waals surface area contributed by atoms with Crippen LogP contribution in [0.25, 0.3) is 0 Å². The minimum Gasteiger partial charge on any atom is -0.493 e. The lowest BCUT2D eigenvalue weighted by Crippen LogP contribution is -2.41. The number of nitrogens with one attached hydrogen (secondary N) is 1. The summed E-state index contributed by atoms with van der Waals surface area (Å²) in [7, 11) is -1.13. The van der Waals surface area contributed by atoms with E-state index in [1.807, 2.05) is 19.1 Å². The molecule has 1 amide bonds. The Morgan fingerprint density at radius 3 is 2.14 bits per heavy atom. The Kier molecular flexibility index (Phi) is 10.3. The predicted molar refractivity (Wildman–Crippen MR) is 150 cm³/mol. The van der Waals surface area contributed by atoms with Crippen LogP contribution in [0.2, 0.25) is 0 Å². The van der Waals surface area contributed by atoms with E-state index in [4.69, 9.17) is 9.47 Å². The third-order valence-corrected chi connectivity index (χ3v) is 8.61. The first kappa shape index (κ1) is 28.4. The van der Waals surface area contributed by atoms with E-state index in [9.17, 15) is 13.2 Å². The standard InChI is InChI=1S/C28H34N2O5S2/c1-21-6-10-23(11-7-21)20-36-17-5-16-29-28(31)19-30(24-12-8-22(2)9-13-24)37(32,33)25-14-15-26(34-3)27(18-25)35-4/h6-15,18H,5,16-17,19-20H2,1-4H3,(H,29,31). The molecule has 0 aliphatic heterocycles. The van der Waals surface area contributed by atoms with Crippen LogP contribution in [0.5, 0.6) is 11.5 Å². The molecule has 0 heterocycles. The van der Waals surface area contributed by atoms with E-state index in [2.05, 4.69) is 36.5 Å². The van der Waals surface area contributed by atoms with Gasteiger partial charge in [0, 0.05) is 18.4 Å². The molecule has 0 aliphatic carbocycles. The molecule has 0 saturated heterocycles. The number of sulfonamides is 1. The van der Waals surface area contributed by atoms with Crippen molar-refractivity contribution < 1.29 is 22.7 Å². The number of hydrogen-bond acceptors (Lipinski definition) is 6. The van der Waals surface area contributed by atoms with Gasteiger partial charge in [0.25, 0.3) is 10.0 Å². The zero-order chi connectivity index (χ0) is 26.8. The molecule has 0 fully saturated rings. The summed E-state index contributed by atoms with van der Waals surface area (Å²) in [6, 6.07) is 19.9. The van der Waals surface area contributed by atoms with Crippen LogP contribution in [0.4, 0.5) is 5.69 Å². The number of carbonyl (C=O) groups is 1. The van der Waals surface area contributed by atoms with Crippen molar-refractivity contribution in [2.24, 2.45) is 0 Å². The fourth-order valence-electron chi connectivity index (χ4n) is 3.59. The Hall–Kier alpha value is -3.17. The third kappa shape index (κ3) is 7.90. The van der Waals surface area contributed by atoms with Crippen LogP contribution in [0.3, 0.4) is 0 Å². The summed E-state index contributed by atoms with van der Waals surface area (Å²) >= 11 is 1.80. The molecule has 7 nitrogen and oxygen atoms in total. The van der Waals surface area contributed by atoms with Crippen LogP contribution in [-0.4, -0.2) is 47.4 Å². The molecule has 0 aromatic heterocycles. The molecule has 1 N–H and O–H groups in total. The van der Waals surface area contributed by atoms with Crippen LogP contribution in [0, 0.1) is 13.8 Å². The Bertz CT molecular complexity index is 1280. The molecule has 9 heteroatoms. The van der Waals surface area contributed by atoms with Gasteiger partial charge >= 0.3 is 0 Å². The molecule has 3 aromatic rings. The lowest BCUT2D eigenvalue weighted by Gasteiger charge is -2.24. The van der Waals surface area contributed by atoms with Gasteiger partial charge in [0.05, 0.1) is 24.8 Å². The van der Waals surface area contributed by atoms with Crippen LogP contribution in [0.15, 0.2) is 71.6 Å². The molecular formula is C28H34N2O5S2. The normalized spacial score (nSPS) is 11.1.